The van der Waals surface area contributed by atoms with E-state index in [0.717, 1.165) is 37.4 Å². The van der Waals surface area contributed by atoms with Gasteiger partial charge in [-0.1, -0.05) is 0 Å². The first-order valence-electron chi connectivity index (χ1n) is 11.0. The smallest absolute Gasteiger partial charge is 0.227 e. The summed E-state index contributed by atoms with van der Waals surface area (Å²) in [6.07, 6.45) is 6.40. The molecular weight excluding hydrogens is 419 g/mol. The predicted molar refractivity (Wildman–Crippen MR) is 127 cm³/mol. The highest BCUT2D eigenvalue weighted by Gasteiger charge is 2.19. The standard InChI is InChI=1S/C24H25FN8/c1-2-33-16-20(22(31-33)17-4-3-9-27-14-17)23-21(25)15-28-24(30-23)29-18-5-7-19(8-6-18)32-12-10-26-11-13-32/h3-9,14-16,26H,2,10-13H2,1H3,(H,28,29,30). The summed E-state index contributed by atoms with van der Waals surface area (Å²) in [5.41, 5.74) is 4.24. The first-order valence-corrected chi connectivity index (χ1v) is 11.0. The SMILES string of the molecule is CCn1cc(-c2nc(Nc3ccc(N4CCNCC4)cc3)ncc2F)c(-c2cccnc2)n1. The summed E-state index contributed by atoms with van der Waals surface area (Å²) in [6.45, 7) is 6.59. The molecule has 1 aliphatic rings. The highest BCUT2D eigenvalue weighted by atomic mass is 19.1. The van der Waals surface area contributed by atoms with Crippen LogP contribution in [0.25, 0.3) is 22.5 Å². The summed E-state index contributed by atoms with van der Waals surface area (Å²) in [5, 5.41) is 11.2. The molecule has 0 atom stereocenters. The molecule has 1 aliphatic heterocycles. The molecule has 0 saturated carbocycles. The minimum atomic E-state index is -0.504. The number of benzene rings is 1. The van der Waals surface area contributed by atoms with Crippen LogP contribution in [0.3, 0.4) is 0 Å². The number of piperazine rings is 1. The Morgan fingerprint density at radius 2 is 1.88 bits per heavy atom. The number of hydrogen-bond donors (Lipinski definition) is 2. The number of pyridine rings is 1. The number of aromatic nitrogens is 5. The summed E-state index contributed by atoms with van der Waals surface area (Å²) >= 11 is 0. The van der Waals surface area contributed by atoms with E-state index in [4.69, 9.17) is 0 Å². The lowest BCUT2D eigenvalue weighted by atomic mass is 10.1. The molecule has 3 aromatic heterocycles. The van der Waals surface area contributed by atoms with Gasteiger partial charge in [-0.3, -0.25) is 9.67 Å². The minimum Gasteiger partial charge on any atom is -0.369 e. The largest absolute Gasteiger partial charge is 0.369 e. The minimum absolute atomic E-state index is 0.198. The van der Waals surface area contributed by atoms with Crippen molar-refractivity contribution in [2.75, 3.05) is 36.4 Å². The molecule has 0 spiro atoms. The second-order valence-electron chi connectivity index (χ2n) is 7.79. The van der Waals surface area contributed by atoms with Crippen LogP contribution in [0.5, 0.6) is 0 Å². The van der Waals surface area contributed by atoms with Crippen LogP contribution in [0, 0.1) is 5.82 Å². The van der Waals surface area contributed by atoms with Gasteiger partial charge in [0.2, 0.25) is 5.95 Å². The Bertz CT molecular complexity index is 1220. The number of rotatable bonds is 6. The maximum absolute atomic E-state index is 14.8. The molecule has 0 aliphatic carbocycles. The van der Waals surface area contributed by atoms with Crippen LogP contribution in [0.1, 0.15) is 6.92 Å². The zero-order chi connectivity index (χ0) is 22.6. The van der Waals surface area contributed by atoms with Crippen LogP contribution < -0.4 is 15.5 Å². The average molecular weight is 445 g/mol. The Kier molecular flexibility index (Phi) is 5.95. The molecule has 0 radical (unpaired) electrons. The zero-order valence-corrected chi connectivity index (χ0v) is 18.4. The number of nitrogens with zero attached hydrogens (tertiary/aromatic N) is 6. The molecule has 33 heavy (non-hydrogen) atoms. The maximum Gasteiger partial charge on any atom is 0.227 e. The van der Waals surface area contributed by atoms with E-state index in [1.807, 2.05) is 31.2 Å². The van der Waals surface area contributed by atoms with Crippen molar-refractivity contribution in [3.05, 3.63) is 67.0 Å². The highest BCUT2D eigenvalue weighted by Crippen LogP contribution is 2.32. The molecule has 1 aromatic carbocycles. The summed E-state index contributed by atoms with van der Waals surface area (Å²) in [6, 6.07) is 11.8. The molecule has 1 fully saturated rings. The third kappa shape index (κ3) is 4.54. The van der Waals surface area contributed by atoms with Crippen molar-refractivity contribution in [3.8, 4) is 22.5 Å². The van der Waals surface area contributed by atoms with Crippen molar-refractivity contribution in [1.29, 1.82) is 0 Å². The van der Waals surface area contributed by atoms with Gasteiger partial charge < -0.3 is 15.5 Å². The van der Waals surface area contributed by atoms with Crippen molar-refractivity contribution in [2.45, 2.75) is 13.5 Å². The first-order chi connectivity index (χ1) is 16.2. The Morgan fingerprint density at radius 3 is 2.61 bits per heavy atom. The maximum atomic E-state index is 14.8. The number of halogens is 1. The lowest BCUT2D eigenvalue weighted by molar-refractivity contribution is 0.589. The Balaban J connectivity index is 1.43. The second kappa shape index (κ2) is 9.33. The number of hydrogen-bond acceptors (Lipinski definition) is 7. The number of aryl methyl sites for hydroxylation is 1. The molecule has 4 aromatic rings. The molecule has 1 saturated heterocycles. The molecule has 5 rings (SSSR count). The van der Waals surface area contributed by atoms with Gasteiger partial charge in [-0.05, 0) is 43.3 Å². The van der Waals surface area contributed by atoms with Gasteiger partial charge in [0.1, 0.15) is 11.4 Å². The van der Waals surface area contributed by atoms with Gasteiger partial charge in [0.15, 0.2) is 5.82 Å². The van der Waals surface area contributed by atoms with E-state index in [1.54, 1.807) is 23.3 Å². The molecule has 0 amide bonds. The molecule has 168 valence electrons. The van der Waals surface area contributed by atoms with Gasteiger partial charge in [0, 0.05) is 73.8 Å². The normalized spacial score (nSPS) is 13.8. The summed E-state index contributed by atoms with van der Waals surface area (Å²) < 4.78 is 16.6. The van der Waals surface area contributed by atoms with E-state index in [9.17, 15) is 4.39 Å². The highest BCUT2D eigenvalue weighted by molar-refractivity contribution is 5.79. The van der Waals surface area contributed by atoms with E-state index in [-0.39, 0.29) is 5.69 Å². The van der Waals surface area contributed by atoms with Crippen molar-refractivity contribution in [1.82, 2.24) is 30.0 Å². The Labute approximate surface area is 191 Å². The molecule has 9 heteroatoms. The fraction of sp³-hybridized carbons (Fsp3) is 0.250. The molecule has 4 heterocycles. The second-order valence-corrected chi connectivity index (χ2v) is 7.79. The third-order valence-corrected chi connectivity index (χ3v) is 5.63. The lowest BCUT2D eigenvalue weighted by Gasteiger charge is -2.29. The molecule has 2 N–H and O–H groups in total. The fourth-order valence-corrected chi connectivity index (χ4v) is 3.90. The predicted octanol–water partition coefficient (Wildman–Crippen LogP) is 3.71. The molecular formula is C24H25FN8. The third-order valence-electron chi connectivity index (χ3n) is 5.63. The van der Waals surface area contributed by atoms with Crippen molar-refractivity contribution in [2.24, 2.45) is 0 Å². The van der Waals surface area contributed by atoms with Crippen molar-refractivity contribution >= 4 is 17.3 Å². The van der Waals surface area contributed by atoms with Crippen molar-refractivity contribution < 1.29 is 4.39 Å². The number of nitrogens with one attached hydrogen (secondary N) is 2. The van der Waals surface area contributed by atoms with Crippen LogP contribution >= 0.6 is 0 Å². The number of anilines is 3. The Hall–Kier alpha value is -3.85. The molecule has 8 nitrogen and oxygen atoms in total. The summed E-state index contributed by atoms with van der Waals surface area (Å²) in [7, 11) is 0. The van der Waals surface area contributed by atoms with Gasteiger partial charge >= 0.3 is 0 Å². The van der Waals surface area contributed by atoms with Gasteiger partial charge in [0.05, 0.1) is 6.20 Å². The fourth-order valence-electron chi connectivity index (χ4n) is 3.90. The monoisotopic (exact) mass is 444 g/mol. The van der Waals surface area contributed by atoms with Crippen LogP contribution in [-0.2, 0) is 6.54 Å². The quantitative estimate of drug-likeness (QED) is 0.469. The van der Waals surface area contributed by atoms with Gasteiger partial charge in [-0.2, -0.15) is 5.10 Å². The van der Waals surface area contributed by atoms with E-state index in [0.29, 0.717) is 23.8 Å². The van der Waals surface area contributed by atoms with Gasteiger partial charge in [-0.25, -0.2) is 14.4 Å². The topological polar surface area (TPSA) is 83.8 Å². The van der Waals surface area contributed by atoms with Crippen LogP contribution in [0.2, 0.25) is 0 Å². The summed E-state index contributed by atoms with van der Waals surface area (Å²) in [5.74, 6) is -0.182. The summed E-state index contributed by atoms with van der Waals surface area (Å²) in [4.78, 5) is 15.2. The average Bonchev–Trinajstić information content (AvgIpc) is 3.31. The van der Waals surface area contributed by atoms with Gasteiger partial charge in [-0.15, -0.1) is 0 Å². The van der Waals surface area contributed by atoms with E-state index in [1.165, 1.54) is 11.9 Å². The van der Waals surface area contributed by atoms with Crippen molar-refractivity contribution in [3.63, 3.8) is 0 Å². The Morgan fingerprint density at radius 1 is 1.06 bits per heavy atom. The first kappa shape index (κ1) is 21.0. The zero-order valence-electron chi connectivity index (χ0n) is 18.4. The van der Waals surface area contributed by atoms with Gasteiger partial charge in [0.25, 0.3) is 0 Å². The van der Waals surface area contributed by atoms with E-state index >= 15 is 0 Å². The molecule has 0 bridgehead atoms. The van der Waals surface area contributed by atoms with Crippen LogP contribution in [-0.4, -0.2) is 50.9 Å². The van der Waals surface area contributed by atoms with Crippen LogP contribution in [0.4, 0.5) is 21.7 Å². The lowest BCUT2D eigenvalue weighted by Crippen LogP contribution is -2.43. The van der Waals surface area contributed by atoms with E-state index in [2.05, 4.69) is 47.7 Å². The molecule has 0 unspecified atom stereocenters. The van der Waals surface area contributed by atoms with Crippen LogP contribution in [0.15, 0.2) is 61.2 Å². The van der Waals surface area contributed by atoms with E-state index < -0.39 is 5.82 Å².